The van der Waals surface area contributed by atoms with Crippen molar-refractivity contribution >= 4 is 17.6 Å². The molecule has 1 aromatic heterocycles. The summed E-state index contributed by atoms with van der Waals surface area (Å²) in [5.41, 5.74) is 0.127. The molecular weight excluding hydrogens is 358 g/mol. The molecule has 146 valence electrons. The van der Waals surface area contributed by atoms with Crippen molar-refractivity contribution in [3.8, 4) is 5.75 Å². The number of aromatic hydroxyl groups is 1. The molecule has 3 N–H and O–H groups in total. The number of amides is 1. The number of carboxylic acids is 1. The van der Waals surface area contributed by atoms with Gasteiger partial charge < -0.3 is 19.9 Å². The molecule has 4 fully saturated rings. The van der Waals surface area contributed by atoms with Crippen LogP contribution in [0.2, 0.25) is 0 Å². The van der Waals surface area contributed by atoms with Crippen LogP contribution in [-0.2, 0) is 5.41 Å². The summed E-state index contributed by atoms with van der Waals surface area (Å²) >= 11 is 0. The van der Waals surface area contributed by atoms with Gasteiger partial charge in [-0.3, -0.25) is 4.79 Å². The molecule has 28 heavy (non-hydrogen) atoms. The lowest BCUT2D eigenvalue weighted by Gasteiger charge is -2.55. The normalized spacial score (nSPS) is 30.4. The lowest BCUT2D eigenvalue weighted by molar-refractivity contribution is -0.0154. The van der Waals surface area contributed by atoms with E-state index in [2.05, 4.69) is 5.32 Å². The van der Waals surface area contributed by atoms with E-state index >= 15 is 0 Å². The molecule has 0 unspecified atom stereocenters. The molecule has 0 spiro atoms. The third kappa shape index (κ3) is 2.79. The van der Waals surface area contributed by atoms with Gasteiger partial charge in [-0.25, -0.2) is 4.79 Å². The Labute approximate surface area is 162 Å². The third-order valence-corrected chi connectivity index (χ3v) is 6.88. The number of aromatic carboxylic acids is 1. The molecule has 6 nitrogen and oxygen atoms in total. The highest BCUT2D eigenvalue weighted by atomic mass is 16.4. The molecule has 0 radical (unpaired) electrons. The van der Waals surface area contributed by atoms with E-state index in [1.807, 2.05) is 6.07 Å². The Bertz CT molecular complexity index is 924. The van der Waals surface area contributed by atoms with Crippen LogP contribution >= 0.6 is 0 Å². The standard InChI is InChI=1S/C22H23NO5/c24-17-2-1-15(8-16(17)21(26)27)23-20(25)18-3-4-19(28-18)22-9-12-5-13(10-22)7-14(6-12)11-22/h1-4,8,12-14,24H,5-7,9-11H2,(H,23,25)(H,26,27). The Kier molecular flexibility index (Phi) is 3.79. The van der Waals surface area contributed by atoms with Gasteiger partial charge in [-0.15, -0.1) is 0 Å². The fourth-order valence-corrected chi connectivity index (χ4v) is 6.14. The number of furan rings is 1. The van der Waals surface area contributed by atoms with E-state index in [0.717, 1.165) is 42.8 Å². The van der Waals surface area contributed by atoms with Crippen LogP contribution in [0.3, 0.4) is 0 Å². The van der Waals surface area contributed by atoms with E-state index in [-0.39, 0.29) is 22.5 Å². The van der Waals surface area contributed by atoms with Gasteiger partial charge in [0, 0.05) is 11.1 Å². The maximum absolute atomic E-state index is 12.6. The highest BCUT2D eigenvalue weighted by Crippen LogP contribution is 2.60. The summed E-state index contributed by atoms with van der Waals surface area (Å²) in [6.07, 6.45) is 7.52. The van der Waals surface area contributed by atoms with Crippen LogP contribution in [-0.4, -0.2) is 22.1 Å². The van der Waals surface area contributed by atoms with Crippen LogP contribution in [0.1, 0.15) is 65.2 Å². The smallest absolute Gasteiger partial charge is 0.339 e. The Morgan fingerprint density at radius 2 is 1.64 bits per heavy atom. The fraction of sp³-hybridized carbons (Fsp3) is 0.455. The molecule has 2 aromatic rings. The van der Waals surface area contributed by atoms with E-state index < -0.39 is 11.9 Å². The van der Waals surface area contributed by atoms with E-state index in [9.17, 15) is 14.7 Å². The van der Waals surface area contributed by atoms with Crippen molar-refractivity contribution in [2.45, 2.75) is 43.9 Å². The molecule has 1 heterocycles. The molecule has 6 rings (SSSR count). The number of phenols is 1. The number of nitrogens with one attached hydrogen (secondary N) is 1. The predicted molar refractivity (Wildman–Crippen MR) is 102 cm³/mol. The first-order valence-electron chi connectivity index (χ1n) is 9.90. The zero-order chi connectivity index (χ0) is 19.5. The Morgan fingerprint density at radius 3 is 2.25 bits per heavy atom. The molecular formula is C22H23NO5. The van der Waals surface area contributed by atoms with Gasteiger partial charge in [0.1, 0.15) is 17.1 Å². The molecule has 1 aromatic carbocycles. The van der Waals surface area contributed by atoms with E-state index in [1.165, 1.54) is 37.5 Å². The van der Waals surface area contributed by atoms with Gasteiger partial charge in [0.2, 0.25) is 0 Å². The maximum Gasteiger partial charge on any atom is 0.339 e. The van der Waals surface area contributed by atoms with Gasteiger partial charge in [-0.05, 0) is 86.6 Å². The third-order valence-electron chi connectivity index (χ3n) is 6.88. The van der Waals surface area contributed by atoms with Crippen molar-refractivity contribution in [3.63, 3.8) is 0 Å². The topological polar surface area (TPSA) is 99.8 Å². The number of anilines is 1. The minimum absolute atomic E-state index is 0.0856. The largest absolute Gasteiger partial charge is 0.507 e. The lowest BCUT2D eigenvalue weighted by Crippen LogP contribution is -2.48. The number of rotatable bonds is 4. The Morgan fingerprint density at radius 1 is 1.00 bits per heavy atom. The number of carboxylic acid groups (broad SMARTS) is 1. The first-order chi connectivity index (χ1) is 13.4. The monoisotopic (exact) mass is 381 g/mol. The minimum Gasteiger partial charge on any atom is -0.507 e. The second-order valence-electron chi connectivity index (χ2n) is 8.85. The summed E-state index contributed by atoms with van der Waals surface area (Å²) in [7, 11) is 0. The fourth-order valence-electron chi connectivity index (χ4n) is 6.14. The van der Waals surface area contributed by atoms with E-state index in [1.54, 1.807) is 6.07 Å². The summed E-state index contributed by atoms with van der Waals surface area (Å²) in [4.78, 5) is 23.8. The second kappa shape index (κ2) is 6.12. The minimum atomic E-state index is -1.25. The molecule has 1 amide bonds. The highest BCUT2D eigenvalue weighted by Gasteiger charge is 2.53. The summed E-state index contributed by atoms with van der Waals surface area (Å²) < 4.78 is 6.03. The maximum atomic E-state index is 12.6. The van der Waals surface area contributed by atoms with Gasteiger partial charge in [0.15, 0.2) is 5.76 Å². The number of carbonyl (C=O) groups excluding carboxylic acids is 1. The van der Waals surface area contributed by atoms with Crippen LogP contribution in [0.5, 0.6) is 5.75 Å². The summed E-state index contributed by atoms with van der Waals surface area (Å²) in [6, 6.07) is 7.60. The molecule has 4 bridgehead atoms. The van der Waals surface area contributed by atoms with Crippen LogP contribution in [0, 0.1) is 17.8 Å². The summed E-state index contributed by atoms with van der Waals surface area (Å²) in [5.74, 6) is 1.52. The van der Waals surface area contributed by atoms with Crippen molar-refractivity contribution in [2.75, 3.05) is 5.32 Å². The number of hydrogen-bond acceptors (Lipinski definition) is 4. The van der Waals surface area contributed by atoms with Crippen LogP contribution in [0.15, 0.2) is 34.7 Å². The van der Waals surface area contributed by atoms with Crippen LogP contribution in [0.25, 0.3) is 0 Å². The molecule has 0 saturated heterocycles. The van der Waals surface area contributed by atoms with Crippen LogP contribution < -0.4 is 5.32 Å². The van der Waals surface area contributed by atoms with Gasteiger partial charge in [0.25, 0.3) is 5.91 Å². The molecule has 0 aliphatic heterocycles. The Hall–Kier alpha value is -2.76. The first kappa shape index (κ1) is 17.3. The van der Waals surface area contributed by atoms with Crippen molar-refractivity contribution in [1.29, 1.82) is 0 Å². The molecule has 4 saturated carbocycles. The van der Waals surface area contributed by atoms with E-state index in [0.29, 0.717) is 5.69 Å². The number of hydrogen-bond donors (Lipinski definition) is 3. The summed E-state index contributed by atoms with van der Waals surface area (Å²) in [6.45, 7) is 0. The summed E-state index contributed by atoms with van der Waals surface area (Å²) in [5, 5.41) is 21.4. The number of benzene rings is 1. The lowest BCUT2D eigenvalue weighted by atomic mass is 9.49. The SMILES string of the molecule is O=C(Nc1ccc(O)c(C(=O)O)c1)c1ccc(C23CC4CC(CC(C4)C2)C3)o1. The van der Waals surface area contributed by atoms with Crippen LogP contribution in [0.4, 0.5) is 5.69 Å². The van der Waals surface area contributed by atoms with Gasteiger partial charge in [-0.1, -0.05) is 0 Å². The van der Waals surface area contributed by atoms with E-state index in [4.69, 9.17) is 9.52 Å². The first-order valence-corrected chi connectivity index (χ1v) is 9.90. The van der Waals surface area contributed by atoms with Gasteiger partial charge in [0.05, 0.1) is 0 Å². The van der Waals surface area contributed by atoms with Crippen molar-refractivity contribution < 1.29 is 24.2 Å². The Balaban J connectivity index is 1.36. The van der Waals surface area contributed by atoms with Crippen molar-refractivity contribution in [2.24, 2.45) is 17.8 Å². The molecule has 0 atom stereocenters. The molecule has 4 aliphatic rings. The predicted octanol–water partition coefficient (Wildman–Crippen LogP) is 4.40. The van der Waals surface area contributed by atoms with Gasteiger partial charge >= 0.3 is 5.97 Å². The zero-order valence-corrected chi connectivity index (χ0v) is 15.5. The highest BCUT2D eigenvalue weighted by molar-refractivity contribution is 6.03. The zero-order valence-electron chi connectivity index (χ0n) is 15.5. The van der Waals surface area contributed by atoms with Crippen molar-refractivity contribution in [1.82, 2.24) is 0 Å². The average Bonchev–Trinajstić information content (AvgIpc) is 3.13. The second-order valence-corrected chi connectivity index (χ2v) is 8.85. The number of carbonyl (C=O) groups is 2. The van der Waals surface area contributed by atoms with Gasteiger partial charge in [-0.2, -0.15) is 0 Å². The molecule has 6 heteroatoms. The average molecular weight is 381 g/mol. The quantitative estimate of drug-likeness (QED) is 0.682. The van der Waals surface area contributed by atoms with Crippen molar-refractivity contribution in [3.05, 3.63) is 47.4 Å². The molecule has 4 aliphatic carbocycles.